The number of nitrogens with one attached hydrogen (secondary N) is 1. The summed E-state index contributed by atoms with van der Waals surface area (Å²) >= 11 is 0. The lowest BCUT2D eigenvalue weighted by Gasteiger charge is -2.32. The van der Waals surface area contributed by atoms with Crippen LogP contribution >= 0.6 is 0 Å². The van der Waals surface area contributed by atoms with Gasteiger partial charge in [-0.3, -0.25) is 9.48 Å². The van der Waals surface area contributed by atoms with E-state index in [1.807, 2.05) is 18.0 Å². The summed E-state index contributed by atoms with van der Waals surface area (Å²) in [5, 5.41) is 4.10. The van der Waals surface area contributed by atoms with Gasteiger partial charge >= 0.3 is 0 Å². The summed E-state index contributed by atoms with van der Waals surface area (Å²) in [5.41, 5.74) is 2.42. The normalized spacial score (nSPS) is 17.4. The molecule has 3 aromatic rings. The molecule has 1 atom stereocenters. The van der Waals surface area contributed by atoms with E-state index in [4.69, 9.17) is 0 Å². The Labute approximate surface area is 151 Å². The number of likely N-dealkylation sites (tertiary alicyclic amines) is 1. The number of aromatic amines is 1. The molecule has 0 bridgehead atoms. The number of rotatable bonds is 4. The molecule has 3 aromatic heterocycles. The van der Waals surface area contributed by atoms with Crippen LogP contribution in [0.15, 0.2) is 37.2 Å². The number of carbonyl (C=O) groups is 1. The first-order valence-electron chi connectivity index (χ1n) is 8.77. The van der Waals surface area contributed by atoms with Crippen LogP contribution in [-0.2, 0) is 13.5 Å². The Morgan fingerprint density at radius 3 is 3.04 bits per heavy atom. The molecule has 0 radical (unpaired) electrons. The maximum Gasteiger partial charge on any atom is 0.257 e. The number of amides is 1. The summed E-state index contributed by atoms with van der Waals surface area (Å²) in [5.74, 6) is 1.19. The van der Waals surface area contributed by atoms with Crippen molar-refractivity contribution in [1.82, 2.24) is 34.6 Å². The highest BCUT2D eigenvalue weighted by molar-refractivity contribution is 5.93. The minimum absolute atomic E-state index is 0.0572. The number of H-pyrrole nitrogens is 1. The summed E-state index contributed by atoms with van der Waals surface area (Å²) in [6, 6.07) is 1.97. The molecule has 1 saturated heterocycles. The number of aryl methyl sites for hydroxylation is 1. The Kier molecular flexibility index (Phi) is 4.47. The van der Waals surface area contributed by atoms with E-state index in [2.05, 4.69) is 25.0 Å². The quantitative estimate of drug-likeness (QED) is 0.772. The predicted octanol–water partition coefficient (Wildman–Crippen LogP) is 1.70. The van der Waals surface area contributed by atoms with Gasteiger partial charge in [-0.25, -0.2) is 15.0 Å². The third kappa shape index (κ3) is 3.49. The van der Waals surface area contributed by atoms with Crippen LogP contribution in [-0.4, -0.2) is 53.6 Å². The van der Waals surface area contributed by atoms with Crippen molar-refractivity contribution < 1.29 is 4.79 Å². The zero-order valence-corrected chi connectivity index (χ0v) is 14.7. The van der Waals surface area contributed by atoms with E-state index in [1.54, 1.807) is 35.8 Å². The second-order valence-corrected chi connectivity index (χ2v) is 6.70. The molecule has 1 aliphatic heterocycles. The van der Waals surface area contributed by atoms with Crippen molar-refractivity contribution in [2.75, 3.05) is 13.1 Å². The predicted molar refractivity (Wildman–Crippen MR) is 95.2 cm³/mol. The van der Waals surface area contributed by atoms with Crippen molar-refractivity contribution in [3.63, 3.8) is 0 Å². The monoisotopic (exact) mass is 351 g/mol. The molecule has 0 spiro atoms. The van der Waals surface area contributed by atoms with Crippen LogP contribution in [0.4, 0.5) is 0 Å². The molecule has 4 rings (SSSR count). The number of carbonyl (C=O) groups excluding carboxylic acids is 1. The molecule has 4 heterocycles. The SMILES string of the molecule is Cn1cc(C(=O)N2CCC[C@@H](Cc3cc(-c4ncc[nH]4)ncn3)C2)cn1. The second kappa shape index (κ2) is 7.07. The van der Waals surface area contributed by atoms with Gasteiger partial charge in [0.25, 0.3) is 5.91 Å². The van der Waals surface area contributed by atoms with E-state index in [1.165, 1.54) is 0 Å². The van der Waals surface area contributed by atoms with E-state index in [0.29, 0.717) is 11.5 Å². The molecule has 0 saturated carbocycles. The van der Waals surface area contributed by atoms with Crippen molar-refractivity contribution in [2.45, 2.75) is 19.3 Å². The van der Waals surface area contributed by atoms with E-state index in [-0.39, 0.29) is 5.91 Å². The first-order chi connectivity index (χ1) is 12.7. The van der Waals surface area contributed by atoms with Crippen molar-refractivity contribution in [3.8, 4) is 11.5 Å². The summed E-state index contributed by atoms with van der Waals surface area (Å²) < 4.78 is 1.66. The molecule has 0 unspecified atom stereocenters. The van der Waals surface area contributed by atoms with Gasteiger partial charge in [0.05, 0.1) is 11.8 Å². The lowest BCUT2D eigenvalue weighted by atomic mass is 9.93. The molecule has 1 aliphatic rings. The van der Waals surface area contributed by atoms with Crippen LogP contribution in [0, 0.1) is 5.92 Å². The Bertz CT molecular complexity index is 887. The highest BCUT2D eigenvalue weighted by atomic mass is 16.2. The van der Waals surface area contributed by atoms with Crippen LogP contribution in [0.1, 0.15) is 28.9 Å². The smallest absolute Gasteiger partial charge is 0.257 e. The molecule has 1 N–H and O–H groups in total. The first kappa shape index (κ1) is 16.4. The number of aromatic nitrogens is 6. The van der Waals surface area contributed by atoms with Crippen LogP contribution in [0.2, 0.25) is 0 Å². The van der Waals surface area contributed by atoms with Crippen LogP contribution in [0.5, 0.6) is 0 Å². The fourth-order valence-electron chi connectivity index (χ4n) is 3.47. The number of hydrogen-bond donors (Lipinski definition) is 1. The average Bonchev–Trinajstić information content (AvgIpc) is 3.33. The molecule has 1 amide bonds. The first-order valence-corrected chi connectivity index (χ1v) is 8.77. The lowest BCUT2D eigenvalue weighted by molar-refractivity contribution is 0.0672. The maximum absolute atomic E-state index is 12.7. The highest BCUT2D eigenvalue weighted by Crippen LogP contribution is 2.22. The molecule has 8 nitrogen and oxygen atoms in total. The topological polar surface area (TPSA) is 92.6 Å². The fraction of sp³-hybridized carbons (Fsp3) is 0.389. The molecule has 0 aromatic carbocycles. The fourth-order valence-corrected chi connectivity index (χ4v) is 3.47. The number of imidazole rings is 1. The number of piperidine rings is 1. The van der Waals surface area contributed by atoms with Gasteiger partial charge in [-0.05, 0) is 31.2 Å². The molecule has 0 aliphatic carbocycles. The van der Waals surface area contributed by atoms with Crippen molar-refractivity contribution >= 4 is 5.91 Å². The minimum atomic E-state index is 0.0572. The summed E-state index contributed by atoms with van der Waals surface area (Å²) in [7, 11) is 1.82. The zero-order chi connectivity index (χ0) is 17.9. The molecular weight excluding hydrogens is 330 g/mol. The van der Waals surface area contributed by atoms with Gasteiger partial charge in [0, 0.05) is 44.4 Å². The highest BCUT2D eigenvalue weighted by Gasteiger charge is 2.25. The number of nitrogens with zero attached hydrogens (tertiary/aromatic N) is 6. The van der Waals surface area contributed by atoms with Gasteiger partial charge in [-0.15, -0.1) is 0 Å². The molecule has 8 heteroatoms. The van der Waals surface area contributed by atoms with E-state index < -0.39 is 0 Å². The molecule has 134 valence electrons. The van der Waals surface area contributed by atoms with Gasteiger partial charge in [0.2, 0.25) is 0 Å². The van der Waals surface area contributed by atoms with Crippen molar-refractivity contribution in [1.29, 1.82) is 0 Å². The Balaban J connectivity index is 1.44. The van der Waals surface area contributed by atoms with E-state index in [0.717, 1.165) is 49.6 Å². The van der Waals surface area contributed by atoms with Gasteiger partial charge in [-0.1, -0.05) is 0 Å². The largest absolute Gasteiger partial charge is 0.343 e. The van der Waals surface area contributed by atoms with E-state index in [9.17, 15) is 4.79 Å². The van der Waals surface area contributed by atoms with Crippen LogP contribution in [0.3, 0.4) is 0 Å². The van der Waals surface area contributed by atoms with Gasteiger partial charge in [-0.2, -0.15) is 5.10 Å². The van der Waals surface area contributed by atoms with Crippen molar-refractivity contribution in [2.24, 2.45) is 13.0 Å². The maximum atomic E-state index is 12.7. The molecule has 1 fully saturated rings. The Morgan fingerprint density at radius 1 is 1.35 bits per heavy atom. The van der Waals surface area contributed by atoms with Gasteiger partial charge in [0.15, 0.2) is 5.82 Å². The van der Waals surface area contributed by atoms with Crippen LogP contribution < -0.4 is 0 Å². The molecule has 26 heavy (non-hydrogen) atoms. The summed E-state index contributed by atoms with van der Waals surface area (Å²) in [6.45, 7) is 1.54. The third-order valence-corrected chi connectivity index (χ3v) is 4.72. The minimum Gasteiger partial charge on any atom is -0.343 e. The lowest BCUT2D eigenvalue weighted by Crippen LogP contribution is -2.40. The molecular formula is C18H21N7O. The van der Waals surface area contributed by atoms with Gasteiger partial charge < -0.3 is 9.88 Å². The number of hydrogen-bond acceptors (Lipinski definition) is 5. The Hall–Kier alpha value is -3.03. The van der Waals surface area contributed by atoms with Gasteiger partial charge in [0.1, 0.15) is 12.0 Å². The third-order valence-electron chi connectivity index (χ3n) is 4.72. The second-order valence-electron chi connectivity index (χ2n) is 6.70. The summed E-state index contributed by atoms with van der Waals surface area (Å²) in [4.78, 5) is 30.6. The van der Waals surface area contributed by atoms with Crippen molar-refractivity contribution in [3.05, 3.63) is 48.4 Å². The standard InChI is InChI=1S/C18H21N7O/c1-24-11-14(9-23-24)18(26)25-6-2-3-13(10-25)7-15-8-16(22-12-21-15)17-19-4-5-20-17/h4-5,8-9,11-13H,2-3,6-7,10H2,1H3,(H,19,20)/t13-/m0/s1. The summed E-state index contributed by atoms with van der Waals surface area (Å²) in [6.07, 6.45) is 11.4. The van der Waals surface area contributed by atoms with E-state index >= 15 is 0 Å². The zero-order valence-electron chi connectivity index (χ0n) is 14.7. The van der Waals surface area contributed by atoms with Crippen LogP contribution in [0.25, 0.3) is 11.5 Å². The Morgan fingerprint density at radius 2 is 2.27 bits per heavy atom. The average molecular weight is 351 g/mol.